The average Bonchev–Trinajstić information content (AvgIpc) is 2.17. The van der Waals surface area contributed by atoms with Gasteiger partial charge in [0.25, 0.3) is 0 Å². The van der Waals surface area contributed by atoms with Gasteiger partial charge in [0.1, 0.15) is 0 Å². The third kappa shape index (κ3) is 3.18. The van der Waals surface area contributed by atoms with Gasteiger partial charge in [0.2, 0.25) is 0 Å². The largest absolute Gasteiger partial charge is 0.313 e. The fourth-order valence-electron chi connectivity index (χ4n) is 1.26. The van der Waals surface area contributed by atoms with Crippen LogP contribution in [-0.4, -0.2) is 19.4 Å². The van der Waals surface area contributed by atoms with Crippen molar-refractivity contribution in [1.29, 1.82) is 0 Å². The number of halogens is 1. The molecular formula is C12H14ClNO. The number of benzene rings is 1. The van der Waals surface area contributed by atoms with Gasteiger partial charge >= 0.3 is 0 Å². The zero-order valence-electron chi connectivity index (χ0n) is 8.93. The van der Waals surface area contributed by atoms with E-state index in [1.165, 1.54) is 0 Å². The summed E-state index contributed by atoms with van der Waals surface area (Å²) >= 11 is 5.92. The highest BCUT2D eigenvalue weighted by Gasteiger charge is 2.07. The maximum atomic E-state index is 11.6. The van der Waals surface area contributed by atoms with E-state index in [1.54, 1.807) is 19.2 Å². The average molecular weight is 224 g/mol. The van der Waals surface area contributed by atoms with Crippen molar-refractivity contribution in [2.45, 2.75) is 6.92 Å². The van der Waals surface area contributed by atoms with E-state index in [0.717, 1.165) is 11.1 Å². The number of ketones is 1. The van der Waals surface area contributed by atoms with E-state index >= 15 is 0 Å². The minimum Gasteiger partial charge on any atom is -0.313 e. The Morgan fingerprint density at radius 3 is 2.53 bits per heavy atom. The lowest BCUT2D eigenvalue weighted by atomic mass is 10.0. The molecule has 0 aliphatic heterocycles. The van der Waals surface area contributed by atoms with E-state index in [1.807, 2.05) is 13.0 Å². The van der Waals surface area contributed by atoms with E-state index in [-0.39, 0.29) is 5.78 Å². The first kappa shape index (κ1) is 12.0. The van der Waals surface area contributed by atoms with Gasteiger partial charge in [-0.25, -0.2) is 0 Å². The fraction of sp³-hybridized carbons (Fsp3) is 0.250. The fourth-order valence-corrected chi connectivity index (χ4v) is 1.49. The molecule has 15 heavy (non-hydrogen) atoms. The SMILES string of the molecule is C=C(C)c1cc(Cl)cc(C(=O)CNC)c1. The minimum absolute atomic E-state index is 0.0301. The molecule has 3 heteroatoms. The molecular weight excluding hydrogens is 210 g/mol. The second-order valence-electron chi connectivity index (χ2n) is 3.46. The number of carbonyl (C=O) groups excluding carboxylic acids is 1. The summed E-state index contributed by atoms with van der Waals surface area (Å²) in [5, 5.41) is 3.38. The third-order valence-electron chi connectivity index (χ3n) is 2.05. The standard InChI is InChI=1S/C12H14ClNO/c1-8(2)9-4-10(6-11(13)5-9)12(15)7-14-3/h4-6,14H,1,7H2,2-3H3. The van der Waals surface area contributed by atoms with Crippen molar-refractivity contribution in [3.63, 3.8) is 0 Å². The second-order valence-corrected chi connectivity index (χ2v) is 3.90. The Labute approximate surface area is 94.9 Å². The molecule has 0 atom stereocenters. The molecule has 0 radical (unpaired) electrons. The molecule has 1 rings (SSSR count). The maximum Gasteiger partial charge on any atom is 0.176 e. The first-order valence-corrected chi connectivity index (χ1v) is 5.06. The van der Waals surface area contributed by atoms with Crippen LogP contribution in [0.15, 0.2) is 24.8 Å². The van der Waals surface area contributed by atoms with Gasteiger partial charge < -0.3 is 5.32 Å². The molecule has 2 nitrogen and oxygen atoms in total. The van der Waals surface area contributed by atoms with Crippen LogP contribution in [0.25, 0.3) is 5.57 Å². The first-order chi connectivity index (χ1) is 7.04. The molecule has 0 aliphatic rings. The van der Waals surface area contributed by atoms with Crippen LogP contribution in [0.4, 0.5) is 0 Å². The highest BCUT2D eigenvalue weighted by atomic mass is 35.5. The second kappa shape index (κ2) is 5.10. The summed E-state index contributed by atoms with van der Waals surface area (Å²) in [6, 6.07) is 5.29. The number of allylic oxidation sites excluding steroid dienone is 1. The van der Waals surface area contributed by atoms with Crippen LogP contribution in [-0.2, 0) is 0 Å². The molecule has 0 spiro atoms. The van der Waals surface area contributed by atoms with Gasteiger partial charge in [-0.3, -0.25) is 4.79 Å². The predicted octanol–water partition coefficient (Wildman–Crippen LogP) is 2.78. The van der Waals surface area contributed by atoms with Gasteiger partial charge in [-0.2, -0.15) is 0 Å². The molecule has 0 saturated heterocycles. The molecule has 0 unspecified atom stereocenters. The lowest BCUT2D eigenvalue weighted by Gasteiger charge is -2.05. The predicted molar refractivity (Wildman–Crippen MR) is 64.4 cm³/mol. The van der Waals surface area contributed by atoms with Crippen LogP contribution in [0.3, 0.4) is 0 Å². The molecule has 1 aromatic rings. The van der Waals surface area contributed by atoms with Crippen molar-refractivity contribution in [1.82, 2.24) is 5.32 Å². The topological polar surface area (TPSA) is 29.1 Å². The van der Waals surface area contributed by atoms with Crippen LogP contribution in [0.5, 0.6) is 0 Å². The van der Waals surface area contributed by atoms with Crippen LogP contribution in [0, 0.1) is 0 Å². The van der Waals surface area contributed by atoms with Crippen LogP contribution in [0.1, 0.15) is 22.8 Å². The Bertz CT molecular complexity index is 399. The lowest BCUT2D eigenvalue weighted by Crippen LogP contribution is -2.18. The van der Waals surface area contributed by atoms with Crippen molar-refractivity contribution < 1.29 is 4.79 Å². The quantitative estimate of drug-likeness (QED) is 0.796. The summed E-state index contributed by atoms with van der Waals surface area (Å²) in [4.78, 5) is 11.6. The number of likely N-dealkylation sites (N-methyl/N-ethyl adjacent to an activating group) is 1. The number of nitrogens with one attached hydrogen (secondary N) is 1. The third-order valence-corrected chi connectivity index (χ3v) is 2.27. The van der Waals surface area contributed by atoms with Gasteiger partial charge in [0.05, 0.1) is 6.54 Å². The summed E-state index contributed by atoms with van der Waals surface area (Å²) in [7, 11) is 1.74. The monoisotopic (exact) mass is 223 g/mol. The Morgan fingerprint density at radius 1 is 1.40 bits per heavy atom. The highest BCUT2D eigenvalue weighted by Crippen LogP contribution is 2.20. The first-order valence-electron chi connectivity index (χ1n) is 4.69. The summed E-state index contributed by atoms with van der Waals surface area (Å²) in [6.45, 7) is 6.03. The minimum atomic E-state index is 0.0301. The van der Waals surface area contributed by atoms with Crippen molar-refractivity contribution in [3.8, 4) is 0 Å². The van der Waals surface area contributed by atoms with Gasteiger partial charge in [-0.05, 0) is 37.7 Å². The highest BCUT2D eigenvalue weighted by molar-refractivity contribution is 6.31. The van der Waals surface area contributed by atoms with Crippen LogP contribution >= 0.6 is 11.6 Å². The number of hydrogen-bond acceptors (Lipinski definition) is 2. The molecule has 0 aliphatic carbocycles. The maximum absolute atomic E-state index is 11.6. The van der Waals surface area contributed by atoms with Crippen LogP contribution in [0.2, 0.25) is 5.02 Å². The molecule has 0 amide bonds. The van der Waals surface area contributed by atoms with E-state index in [0.29, 0.717) is 17.1 Å². The number of rotatable bonds is 4. The molecule has 80 valence electrons. The molecule has 0 bridgehead atoms. The van der Waals surface area contributed by atoms with E-state index in [4.69, 9.17) is 11.6 Å². The van der Waals surface area contributed by atoms with Gasteiger partial charge in [-0.1, -0.05) is 23.8 Å². The van der Waals surface area contributed by atoms with Crippen LogP contribution < -0.4 is 5.32 Å². The molecule has 1 aromatic carbocycles. The molecule has 0 aromatic heterocycles. The number of hydrogen-bond donors (Lipinski definition) is 1. The Kier molecular flexibility index (Phi) is 4.06. The van der Waals surface area contributed by atoms with Gasteiger partial charge in [-0.15, -0.1) is 0 Å². The summed E-state index contributed by atoms with van der Waals surface area (Å²) in [5.41, 5.74) is 2.42. The summed E-state index contributed by atoms with van der Waals surface area (Å²) in [6.07, 6.45) is 0. The van der Waals surface area contributed by atoms with E-state index in [2.05, 4.69) is 11.9 Å². The Morgan fingerprint density at radius 2 is 2.00 bits per heavy atom. The van der Waals surface area contributed by atoms with Gasteiger partial charge in [0.15, 0.2) is 5.78 Å². The number of carbonyl (C=O) groups is 1. The molecule has 0 fully saturated rings. The smallest absolute Gasteiger partial charge is 0.176 e. The lowest BCUT2D eigenvalue weighted by molar-refractivity contribution is 0.0993. The van der Waals surface area contributed by atoms with Crippen molar-refractivity contribution in [2.24, 2.45) is 0 Å². The van der Waals surface area contributed by atoms with Crippen molar-refractivity contribution >= 4 is 23.0 Å². The zero-order chi connectivity index (χ0) is 11.4. The Balaban J connectivity index is 3.09. The molecule has 0 saturated carbocycles. The van der Waals surface area contributed by atoms with E-state index < -0.39 is 0 Å². The summed E-state index contributed by atoms with van der Waals surface area (Å²) < 4.78 is 0. The van der Waals surface area contributed by atoms with Crippen molar-refractivity contribution in [2.75, 3.05) is 13.6 Å². The Hall–Kier alpha value is -1.12. The summed E-state index contributed by atoms with van der Waals surface area (Å²) in [5.74, 6) is 0.0301. The normalized spacial score (nSPS) is 10.1. The van der Waals surface area contributed by atoms with E-state index in [9.17, 15) is 4.79 Å². The number of Topliss-reactive ketones (excluding diaryl/α,β-unsaturated/α-hetero) is 1. The van der Waals surface area contributed by atoms with Gasteiger partial charge in [0, 0.05) is 10.6 Å². The zero-order valence-corrected chi connectivity index (χ0v) is 9.69. The molecule has 0 heterocycles. The molecule has 1 N–H and O–H groups in total. The van der Waals surface area contributed by atoms with Crippen molar-refractivity contribution in [3.05, 3.63) is 40.9 Å².